The fraction of sp³-hybridized carbons (Fsp3) is 0.438. The molecule has 4 heteroatoms. The van der Waals surface area contributed by atoms with E-state index in [1.165, 1.54) is 25.8 Å². The molecule has 0 amide bonds. The molecule has 0 saturated carbocycles. The van der Waals surface area contributed by atoms with Crippen LogP contribution in [-0.2, 0) is 6.54 Å². The van der Waals surface area contributed by atoms with Crippen LogP contribution in [0.2, 0.25) is 5.02 Å². The lowest BCUT2D eigenvalue weighted by Gasteiger charge is -2.23. The van der Waals surface area contributed by atoms with E-state index in [-0.39, 0.29) is 0 Å². The summed E-state index contributed by atoms with van der Waals surface area (Å²) < 4.78 is 2.24. The number of aromatic nitrogens is 2. The molecule has 0 radical (unpaired) electrons. The van der Waals surface area contributed by atoms with Crippen molar-refractivity contribution >= 4 is 11.6 Å². The molecule has 0 spiro atoms. The number of benzene rings is 1. The van der Waals surface area contributed by atoms with Gasteiger partial charge < -0.3 is 9.88 Å². The van der Waals surface area contributed by atoms with Gasteiger partial charge in [0.25, 0.3) is 0 Å². The van der Waals surface area contributed by atoms with E-state index in [4.69, 9.17) is 11.6 Å². The molecular weight excluding hydrogens is 270 g/mol. The maximum atomic E-state index is 6.07. The molecule has 1 fully saturated rings. The Morgan fingerprint density at radius 1 is 1.40 bits per heavy atom. The molecule has 1 aliphatic heterocycles. The van der Waals surface area contributed by atoms with Crippen LogP contribution >= 0.6 is 11.6 Å². The minimum absolute atomic E-state index is 0.770. The minimum Gasteiger partial charge on any atom is -0.331 e. The Morgan fingerprint density at radius 2 is 2.35 bits per heavy atom. The van der Waals surface area contributed by atoms with Crippen molar-refractivity contribution in [2.24, 2.45) is 5.92 Å². The Hall–Kier alpha value is -1.32. The van der Waals surface area contributed by atoms with Crippen molar-refractivity contribution in [3.63, 3.8) is 0 Å². The molecule has 106 valence electrons. The van der Waals surface area contributed by atoms with Crippen molar-refractivity contribution in [2.45, 2.75) is 25.8 Å². The van der Waals surface area contributed by atoms with Crippen molar-refractivity contribution in [1.82, 2.24) is 14.9 Å². The van der Waals surface area contributed by atoms with Crippen molar-refractivity contribution in [3.05, 3.63) is 41.8 Å². The summed E-state index contributed by atoms with van der Waals surface area (Å²) in [6, 6.07) is 7.97. The fourth-order valence-corrected chi connectivity index (χ4v) is 3.07. The Morgan fingerprint density at radius 3 is 3.15 bits per heavy atom. The van der Waals surface area contributed by atoms with E-state index in [0.717, 1.165) is 35.3 Å². The first kappa shape index (κ1) is 13.7. The van der Waals surface area contributed by atoms with Crippen LogP contribution in [0.4, 0.5) is 0 Å². The molecule has 1 aliphatic rings. The lowest BCUT2D eigenvalue weighted by molar-refractivity contribution is 0.342. The highest BCUT2D eigenvalue weighted by Crippen LogP contribution is 2.23. The molecule has 1 N–H and O–H groups in total. The third-order valence-electron chi connectivity index (χ3n) is 4.01. The molecule has 1 saturated heterocycles. The first-order valence-electron chi connectivity index (χ1n) is 7.30. The summed E-state index contributed by atoms with van der Waals surface area (Å²) in [5.41, 5.74) is 2.29. The highest BCUT2D eigenvalue weighted by Gasteiger charge is 2.13. The van der Waals surface area contributed by atoms with Gasteiger partial charge in [0, 0.05) is 17.1 Å². The van der Waals surface area contributed by atoms with Crippen LogP contribution in [-0.4, -0.2) is 22.6 Å². The zero-order valence-electron chi connectivity index (χ0n) is 11.6. The van der Waals surface area contributed by atoms with E-state index in [9.17, 15) is 0 Å². The summed E-state index contributed by atoms with van der Waals surface area (Å²) in [7, 11) is 0. The predicted molar refractivity (Wildman–Crippen MR) is 82.9 cm³/mol. The van der Waals surface area contributed by atoms with E-state index < -0.39 is 0 Å². The van der Waals surface area contributed by atoms with E-state index >= 15 is 0 Å². The topological polar surface area (TPSA) is 29.9 Å². The van der Waals surface area contributed by atoms with Crippen molar-refractivity contribution in [2.75, 3.05) is 13.1 Å². The van der Waals surface area contributed by atoms with E-state index in [0.29, 0.717) is 0 Å². The number of nitrogens with one attached hydrogen (secondary N) is 1. The van der Waals surface area contributed by atoms with Gasteiger partial charge in [-0.15, -0.1) is 0 Å². The average molecular weight is 290 g/mol. The van der Waals surface area contributed by atoms with E-state index in [1.54, 1.807) is 0 Å². The number of hydrogen-bond acceptors (Lipinski definition) is 2. The molecule has 1 aromatic heterocycles. The smallest absolute Gasteiger partial charge is 0.0950 e. The summed E-state index contributed by atoms with van der Waals surface area (Å²) in [6.45, 7) is 3.35. The summed E-state index contributed by atoms with van der Waals surface area (Å²) in [6.07, 6.45) is 7.69. The van der Waals surface area contributed by atoms with Gasteiger partial charge in [0.2, 0.25) is 0 Å². The Balaban J connectivity index is 1.70. The van der Waals surface area contributed by atoms with Gasteiger partial charge in [0.1, 0.15) is 0 Å². The number of imidazole rings is 1. The third-order valence-corrected chi connectivity index (χ3v) is 4.24. The lowest BCUT2D eigenvalue weighted by Crippen LogP contribution is -2.30. The molecule has 3 rings (SSSR count). The Labute approximate surface area is 125 Å². The molecule has 1 atom stereocenters. The van der Waals surface area contributed by atoms with Crippen LogP contribution in [0.1, 0.15) is 19.3 Å². The van der Waals surface area contributed by atoms with Gasteiger partial charge in [-0.1, -0.05) is 23.7 Å². The van der Waals surface area contributed by atoms with Gasteiger partial charge in [0.15, 0.2) is 0 Å². The molecule has 1 aromatic carbocycles. The summed E-state index contributed by atoms with van der Waals surface area (Å²) in [5.74, 6) is 0.790. The van der Waals surface area contributed by atoms with Gasteiger partial charge in [-0.2, -0.15) is 0 Å². The zero-order valence-corrected chi connectivity index (χ0v) is 12.3. The quantitative estimate of drug-likeness (QED) is 0.932. The number of aryl methyl sites for hydroxylation is 1. The molecule has 2 heterocycles. The maximum absolute atomic E-state index is 6.07. The van der Waals surface area contributed by atoms with E-state index in [1.807, 2.05) is 30.7 Å². The predicted octanol–water partition coefficient (Wildman–Crippen LogP) is 3.59. The minimum atomic E-state index is 0.770. The Kier molecular flexibility index (Phi) is 4.38. The monoisotopic (exact) mass is 289 g/mol. The molecule has 0 bridgehead atoms. The normalized spacial score (nSPS) is 19.1. The number of nitrogens with zero attached hydrogens (tertiary/aromatic N) is 2. The summed E-state index contributed by atoms with van der Waals surface area (Å²) in [4.78, 5) is 4.30. The van der Waals surface area contributed by atoms with Gasteiger partial charge in [-0.05, 0) is 50.4 Å². The van der Waals surface area contributed by atoms with Crippen LogP contribution < -0.4 is 5.32 Å². The summed E-state index contributed by atoms with van der Waals surface area (Å²) in [5, 5.41) is 4.25. The first-order valence-corrected chi connectivity index (χ1v) is 7.67. The van der Waals surface area contributed by atoms with Crippen LogP contribution in [0.5, 0.6) is 0 Å². The molecule has 3 nitrogen and oxygen atoms in total. The van der Waals surface area contributed by atoms with Crippen molar-refractivity contribution in [3.8, 4) is 11.3 Å². The molecular formula is C16H20ClN3. The zero-order chi connectivity index (χ0) is 13.8. The number of rotatable bonds is 4. The SMILES string of the molecule is Clc1cccc(-c2cncn2CCC2CCCNC2)c1. The number of hydrogen-bond donors (Lipinski definition) is 1. The molecule has 2 aromatic rings. The summed E-state index contributed by atoms with van der Waals surface area (Å²) >= 11 is 6.07. The van der Waals surface area contributed by atoms with Gasteiger partial charge >= 0.3 is 0 Å². The molecule has 0 aliphatic carbocycles. The number of halogens is 1. The van der Waals surface area contributed by atoms with Gasteiger partial charge in [-0.25, -0.2) is 4.98 Å². The fourth-order valence-electron chi connectivity index (χ4n) is 2.88. The first-order chi connectivity index (χ1) is 9.83. The second-order valence-corrected chi connectivity index (χ2v) is 5.92. The molecule has 1 unspecified atom stereocenters. The second-order valence-electron chi connectivity index (χ2n) is 5.48. The lowest BCUT2D eigenvalue weighted by atomic mass is 9.96. The highest BCUT2D eigenvalue weighted by molar-refractivity contribution is 6.30. The van der Waals surface area contributed by atoms with Crippen LogP contribution in [0.3, 0.4) is 0 Å². The maximum Gasteiger partial charge on any atom is 0.0950 e. The standard InChI is InChI=1S/C16H20ClN3/c17-15-5-1-4-14(9-15)16-11-19-12-20(16)8-6-13-3-2-7-18-10-13/h1,4-5,9,11-13,18H,2-3,6-8,10H2. The van der Waals surface area contributed by atoms with Crippen LogP contribution in [0, 0.1) is 5.92 Å². The van der Waals surface area contributed by atoms with Crippen molar-refractivity contribution < 1.29 is 0 Å². The van der Waals surface area contributed by atoms with Crippen molar-refractivity contribution in [1.29, 1.82) is 0 Å². The largest absolute Gasteiger partial charge is 0.331 e. The Bertz CT molecular complexity index is 558. The third kappa shape index (κ3) is 3.22. The number of piperidine rings is 1. The van der Waals surface area contributed by atoms with E-state index in [2.05, 4.69) is 20.9 Å². The highest BCUT2D eigenvalue weighted by atomic mass is 35.5. The van der Waals surface area contributed by atoms with Crippen LogP contribution in [0.15, 0.2) is 36.8 Å². The second kappa shape index (κ2) is 6.42. The average Bonchev–Trinajstić information content (AvgIpc) is 2.95. The van der Waals surface area contributed by atoms with Gasteiger partial charge in [-0.3, -0.25) is 0 Å². The van der Waals surface area contributed by atoms with Gasteiger partial charge in [0.05, 0.1) is 18.2 Å². The molecule has 20 heavy (non-hydrogen) atoms. The van der Waals surface area contributed by atoms with Crippen LogP contribution in [0.25, 0.3) is 11.3 Å².